The molecule has 0 bridgehead atoms. The molecule has 2 N–H and O–H groups in total. The average Bonchev–Trinajstić information content (AvgIpc) is 2.85. The molecule has 0 saturated heterocycles. The number of aryl methyl sites for hydroxylation is 2. The lowest BCUT2D eigenvalue weighted by molar-refractivity contribution is 0.651. The van der Waals surface area contributed by atoms with Crippen LogP contribution in [0.4, 0.5) is 5.69 Å². The van der Waals surface area contributed by atoms with E-state index in [9.17, 15) is 0 Å². The second-order valence-corrected chi connectivity index (χ2v) is 5.53. The highest BCUT2D eigenvalue weighted by atomic mass is 15.1. The van der Waals surface area contributed by atoms with Gasteiger partial charge in [-0.05, 0) is 31.5 Å². The van der Waals surface area contributed by atoms with E-state index in [2.05, 4.69) is 48.7 Å². The summed E-state index contributed by atoms with van der Waals surface area (Å²) >= 11 is 0. The number of hydrogen-bond acceptors (Lipinski definition) is 2. The first-order valence-corrected chi connectivity index (χ1v) is 7.52. The summed E-state index contributed by atoms with van der Waals surface area (Å²) in [5.41, 5.74) is 11.3. The zero-order valence-corrected chi connectivity index (χ0v) is 12.6. The number of nitrogens with two attached hydrogens (primary N) is 1. The third-order valence-electron chi connectivity index (χ3n) is 3.82. The number of hydrogen-bond donors (Lipinski definition) is 1. The van der Waals surface area contributed by atoms with E-state index in [1.54, 1.807) is 0 Å². The molecule has 3 nitrogen and oxygen atoms in total. The molecule has 0 saturated carbocycles. The largest absolute Gasteiger partial charge is 0.397 e. The van der Waals surface area contributed by atoms with Gasteiger partial charge in [-0.25, -0.2) is 4.98 Å². The Morgan fingerprint density at radius 1 is 1.14 bits per heavy atom. The first-order chi connectivity index (χ1) is 10.2. The van der Waals surface area contributed by atoms with Gasteiger partial charge >= 0.3 is 0 Å². The number of aromatic nitrogens is 2. The van der Waals surface area contributed by atoms with E-state index in [0.29, 0.717) is 0 Å². The number of unbranched alkanes of at least 4 members (excludes halogenated alkanes) is 1. The van der Waals surface area contributed by atoms with Gasteiger partial charge in [0.05, 0.1) is 11.2 Å². The maximum absolute atomic E-state index is 6.10. The number of fused-ring (bicyclic) bond motifs is 1. The van der Waals surface area contributed by atoms with Crippen molar-refractivity contribution in [1.29, 1.82) is 0 Å². The average molecular weight is 279 g/mol. The molecule has 0 aliphatic carbocycles. The Hall–Kier alpha value is -2.29. The topological polar surface area (TPSA) is 43.8 Å². The van der Waals surface area contributed by atoms with Crippen LogP contribution in [-0.2, 0) is 6.54 Å². The third kappa shape index (κ3) is 2.51. The van der Waals surface area contributed by atoms with Gasteiger partial charge in [-0.3, -0.25) is 0 Å². The molecule has 2 aromatic carbocycles. The van der Waals surface area contributed by atoms with E-state index in [-0.39, 0.29) is 0 Å². The Balaban J connectivity index is 2.23. The van der Waals surface area contributed by atoms with Gasteiger partial charge in [0.1, 0.15) is 11.3 Å². The molecular formula is C18H21N3. The van der Waals surface area contributed by atoms with Gasteiger partial charge < -0.3 is 10.3 Å². The van der Waals surface area contributed by atoms with E-state index in [1.807, 2.05) is 12.1 Å². The van der Waals surface area contributed by atoms with Crippen molar-refractivity contribution in [3.8, 4) is 11.4 Å². The quantitative estimate of drug-likeness (QED) is 0.720. The van der Waals surface area contributed by atoms with Crippen LogP contribution >= 0.6 is 0 Å². The molecule has 0 aliphatic rings. The van der Waals surface area contributed by atoms with Crippen molar-refractivity contribution in [3.63, 3.8) is 0 Å². The van der Waals surface area contributed by atoms with Crippen LogP contribution in [-0.4, -0.2) is 9.55 Å². The van der Waals surface area contributed by atoms with Gasteiger partial charge in [-0.2, -0.15) is 0 Å². The van der Waals surface area contributed by atoms with Gasteiger partial charge in [0.15, 0.2) is 0 Å². The molecule has 0 unspecified atom stereocenters. The molecule has 0 fully saturated rings. The molecule has 0 atom stereocenters. The summed E-state index contributed by atoms with van der Waals surface area (Å²) in [5, 5.41) is 0. The molecule has 3 rings (SSSR count). The van der Waals surface area contributed by atoms with Gasteiger partial charge in [0, 0.05) is 12.1 Å². The number of nitrogen functional groups attached to an aromatic ring is 1. The molecule has 0 aliphatic heterocycles. The summed E-state index contributed by atoms with van der Waals surface area (Å²) in [5.74, 6) is 1.01. The van der Waals surface area contributed by atoms with Crippen LogP contribution in [0.15, 0.2) is 42.5 Å². The van der Waals surface area contributed by atoms with Crippen LogP contribution in [0.3, 0.4) is 0 Å². The summed E-state index contributed by atoms with van der Waals surface area (Å²) in [6.07, 6.45) is 2.30. The predicted octanol–water partition coefficient (Wildman–Crippen LogP) is 4.39. The van der Waals surface area contributed by atoms with Crippen molar-refractivity contribution in [2.45, 2.75) is 33.2 Å². The highest BCUT2D eigenvalue weighted by Crippen LogP contribution is 2.28. The standard InChI is InChI=1S/C18H21N3/c1-3-4-11-21-16-10-6-9-15(19)17(16)20-18(21)14-8-5-7-13(2)12-14/h5-10,12H,3-4,11,19H2,1-2H3. The smallest absolute Gasteiger partial charge is 0.141 e. The monoisotopic (exact) mass is 279 g/mol. The lowest BCUT2D eigenvalue weighted by Crippen LogP contribution is -2.00. The number of benzene rings is 2. The fraction of sp³-hybridized carbons (Fsp3) is 0.278. The summed E-state index contributed by atoms with van der Waals surface area (Å²) < 4.78 is 2.30. The van der Waals surface area contributed by atoms with Crippen molar-refractivity contribution in [2.24, 2.45) is 0 Å². The Morgan fingerprint density at radius 3 is 2.71 bits per heavy atom. The summed E-state index contributed by atoms with van der Waals surface area (Å²) in [6, 6.07) is 14.5. The van der Waals surface area contributed by atoms with Gasteiger partial charge in [0.2, 0.25) is 0 Å². The minimum atomic E-state index is 0.747. The lowest BCUT2D eigenvalue weighted by Gasteiger charge is -2.09. The highest BCUT2D eigenvalue weighted by molar-refractivity contribution is 5.90. The second kappa shape index (κ2) is 5.60. The summed E-state index contributed by atoms with van der Waals surface area (Å²) in [6.45, 7) is 5.29. The number of nitrogens with zero attached hydrogens (tertiary/aromatic N) is 2. The van der Waals surface area contributed by atoms with Crippen LogP contribution in [0.25, 0.3) is 22.4 Å². The van der Waals surface area contributed by atoms with Crippen molar-refractivity contribution in [1.82, 2.24) is 9.55 Å². The van der Waals surface area contributed by atoms with Gasteiger partial charge in [-0.15, -0.1) is 0 Å². The van der Waals surface area contributed by atoms with Crippen molar-refractivity contribution < 1.29 is 0 Å². The van der Waals surface area contributed by atoms with Gasteiger partial charge in [-0.1, -0.05) is 43.2 Å². The minimum Gasteiger partial charge on any atom is -0.397 e. The number of imidazole rings is 1. The molecule has 21 heavy (non-hydrogen) atoms. The zero-order chi connectivity index (χ0) is 14.8. The molecule has 1 heterocycles. The van der Waals surface area contributed by atoms with E-state index in [4.69, 9.17) is 10.7 Å². The number of para-hydroxylation sites is 1. The highest BCUT2D eigenvalue weighted by Gasteiger charge is 2.13. The molecular weight excluding hydrogens is 258 g/mol. The fourth-order valence-corrected chi connectivity index (χ4v) is 2.72. The minimum absolute atomic E-state index is 0.747. The second-order valence-electron chi connectivity index (χ2n) is 5.53. The normalized spacial score (nSPS) is 11.1. The Bertz CT molecular complexity index is 771. The van der Waals surface area contributed by atoms with E-state index < -0.39 is 0 Å². The first kappa shape index (κ1) is 13.7. The molecule has 1 aromatic heterocycles. The molecule has 0 spiro atoms. The fourth-order valence-electron chi connectivity index (χ4n) is 2.72. The zero-order valence-electron chi connectivity index (χ0n) is 12.6. The number of anilines is 1. The Kier molecular flexibility index (Phi) is 3.65. The SMILES string of the molecule is CCCCn1c(-c2cccc(C)c2)nc2c(N)cccc21. The van der Waals surface area contributed by atoms with Crippen molar-refractivity contribution in [3.05, 3.63) is 48.0 Å². The molecule has 3 heteroatoms. The van der Waals surface area contributed by atoms with Gasteiger partial charge in [0.25, 0.3) is 0 Å². The summed E-state index contributed by atoms with van der Waals surface area (Å²) in [7, 11) is 0. The summed E-state index contributed by atoms with van der Waals surface area (Å²) in [4.78, 5) is 4.81. The van der Waals surface area contributed by atoms with Crippen molar-refractivity contribution >= 4 is 16.7 Å². The lowest BCUT2D eigenvalue weighted by atomic mass is 10.1. The van der Waals surface area contributed by atoms with Crippen molar-refractivity contribution in [2.75, 3.05) is 5.73 Å². The number of rotatable bonds is 4. The predicted molar refractivity (Wildman–Crippen MR) is 89.2 cm³/mol. The van der Waals surface area contributed by atoms with Crippen LogP contribution in [0.2, 0.25) is 0 Å². The Labute approximate surface area is 125 Å². The van der Waals surface area contributed by atoms with Crippen LogP contribution in [0, 0.1) is 6.92 Å². The molecule has 0 amide bonds. The van der Waals surface area contributed by atoms with E-state index in [1.165, 1.54) is 5.56 Å². The maximum Gasteiger partial charge on any atom is 0.141 e. The van der Waals surface area contributed by atoms with Crippen LogP contribution in [0.5, 0.6) is 0 Å². The molecule has 3 aromatic rings. The maximum atomic E-state index is 6.10. The first-order valence-electron chi connectivity index (χ1n) is 7.52. The molecule has 108 valence electrons. The van der Waals surface area contributed by atoms with E-state index >= 15 is 0 Å². The van der Waals surface area contributed by atoms with Crippen LogP contribution in [0.1, 0.15) is 25.3 Å². The van der Waals surface area contributed by atoms with Crippen LogP contribution < -0.4 is 5.73 Å². The Morgan fingerprint density at radius 2 is 1.95 bits per heavy atom. The third-order valence-corrected chi connectivity index (χ3v) is 3.82. The molecule has 0 radical (unpaired) electrons. The van der Waals surface area contributed by atoms with E-state index in [0.717, 1.165) is 47.5 Å².